The molecular weight excluding hydrogens is 1140 g/mol. The average molecular weight is 1230 g/mol. The number of phenolic OH excluding ortho intramolecular Hbond substituents is 1. The SMILES string of the molecule is CC(C)C[C@H](NC(=O)[C@H](Cc1ccc(O)cc1)NC(=O)[C@H](CCCN=C(N)N)NC(=O)[C@H](CO)NC(=O)[C@H](Cc1ccccc1)NC(=O)[C@H](CC1CCCCC1)NC(=O)[C@@H](N)CC(=O)O)C(=O)N[C@@H](Cc1c[nH]c2ccccc12)C(=O)N[C@@H](CO)C(=O)O. The fraction of sp³-hybridized carbons (Fsp3) is 0.483. The van der Waals surface area contributed by atoms with Gasteiger partial charge in [-0.05, 0) is 72.4 Å². The number of nitrogens with one attached hydrogen (secondary N) is 9. The second-order valence-electron chi connectivity index (χ2n) is 22.3. The molecule has 9 atom stereocenters. The van der Waals surface area contributed by atoms with E-state index in [0.29, 0.717) is 27.6 Å². The molecule has 0 unspecified atom stereocenters. The Labute approximate surface area is 508 Å². The minimum absolute atomic E-state index is 0.00174. The van der Waals surface area contributed by atoms with Gasteiger partial charge in [0, 0.05) is 42.9 Å². The van der Waals surface area contributed by atoms with E-state index in [1.807, 2.05) is 0 Å². The number of fused-ring (bicyclic) bond motifs is 1. The Kier molecular flexibility index (Phi) is 27.6. The van der Waals surface area contributed by atoms with Gasteiger partial charge in [-0.15, -0.1) is 0 Å². The summed E-state index contributed by atoms with van der Waals surface area (Å²) in [4.78, 5) is 144. The zero-order valence-corrected chi connectivity index (χ0v) is 49.2. The Morgan fingerprint density at radius 2 is 1.05 bits per heavy atom. The summed E-state index contributed by atoms with van der Waals surface area (Å²) in [6.45, 7) is 1.47. The highest BCUT2D eigenvalue weighted by atomic mass is 16.4. The quantitative estimate of drug-likeness (QED) is 0.0145. The van der Waals surface area contributed by atoms with Crippen LogP contribution in [0, 0.1) is 11.8 Å². The number of carboxylic acids is 2. The van der Waals surface area contributed by atoms with Gasteiger partial charge in [0.05, 0.1) is 25.7 Å². The number of amides is 8. The van der Waals surface area contributed by atoms with E-state index in [1.54, 1.807) is 74.6 Å². The molecule has 8 amide bonds. The molecule has 1 heterocycles. The first-order valence-electron chi connectivity index (χ1n) is 29.2. The molecule has 478 valence electrons. The van der Waals surface area contributed by atoms with Gasteiger partial charge >= 0.3 is 11.9 Å². The van der Waals surface area contributed by atoms with Gasteiger partial charge in [-0.1, -0.05) is 107 Å². The number of guanidine groups is 1. The summed E-state index contributed by atoms with van der Waals surface area (Å²) in [6, 6.07) is 7.56. The lowest BCUT2D eigenvalue weighted by atomic mass is 9.84. The molecule has 1 aliphatic carbocycles. The van der Waals surface area contributed by atoms with Crippen molar-refractivity contribution in [2.75, 3.05) is 19.8 Å². The number of aliphatic carboxylic acids is 2. The van der Waals surface area contributed by atoms with Crippen molar-refractivity contribution in [1.82, 2.24) is 47.5 Å². The van der Waals surface area contributed by atoms with Crippen LogP contribution >= 0.6 is 0 Å². The van der Waals surface area contributed by atoms with Crippen LogP contribution < -0.4 is 59.7 Å². The van der Waals surface area contributed by atoms with Crippen molar-refractivity contribution in [3.05, 3.63) is 102 Å². The lowest BCUT2D eigenvalue weighted by molar-refractivity contribution is -0.143. The molecule has 0 radical (unpaired) electrons. The predicted molar refractivity (Wildman–Crippen MR) is 322 cm³/mol. The Morgan fingerprint density at radius 1 is 0.568 bits per heavy atom. The van der Waals surface area contributed by atoms with Crippen LogP contribution in [0.25, 0.3) is 10.9 Å². The number of rotatable bonds is 35. The zero-order chi connectivity index (χ0) is 64.5. The number of aromatic hydroxyl groups is 1. The molecule has 88 heavy (non-hydrogen) atoms. The molecule has 0 saturated heterocycles. The van der Waals surface area contributed by atoms with E-state index >= 15 is 0 Å². The molecule has 1 saturated carbocycles. The Bertz CT molecular complexity index is 3040. The fourth-order valence-corrected chi connectivity index (χ4v) is 10.2. The smallest absolute Gasteiger partial charge is 0.328 e. The number of aliphatic hydroxyl groups is 2. The summed E-state index contributed by atoms with van der Waals surface area (Å²) in [5.74, 6) is -11.0. The third-order valence-electron chi connectivity index (χ3n) is 14.8. The summed E-state index contributed by atoms with van der Waals surface area (Å²) in [5, 5.41) is 70.7. The van der Waals surface area contributed by atoms with Gasteiger partial charge in [-0.2, -0.15) is 0 Å². The summed E-state index contributed by atoms with van der Waals surface area (Å²) < 4.78 is 0. The van der Waals surface area contributed by atoms with Crippen molar-refractivity contribution in [1.29, 1.82) is 0 Å². The largest absolute Gasteiger partial charge is 0.508 e. The van der Waals surface area contributed by atoms with E-state index in [4.69, 9.17) is 17.2 Å². The summed E-state index contributed by atoms with van der Waals surface area (Å²) >= 11 is 0. The number of phenols is 1. The lowest BCUT2D eigenvalue weighted by Gasteiger charge is -2.29. The first kappa shape index (κ1) is 69.6. The minimum atomic E-state index is -1.78. The van der Waals surface area contributed by atoms with E-state index in [0.717, 1.165) is 32.1 Å². The number of benzene rings is 3. The summed E-state index contributed by atoms with van der Waals surface area (Å²) in [5.41, 5.74) is 19.2. The van der Waals surface area contributed by atoms with Crippen molar-refractivity contribution >= 4 is 76.1 Å². The number of aliphatic hydroxyl groups excluding tert-OH is 2. The molecule has 1 aliphatic rings. The number of nitrogens with two attached hydrogens (primary N) is 3. The highest BCUT2D eigenvalue weighted by molar-refractivity contribution is 5.99. The van der Waals surface area contributed by atoms with Gasteiger partial charge in [-0.25, -0.2) is 4.79 Å². The topological polar surface area (TPSA) is 474 Å². The molecule has 0 aliphatic heterocycles. The molecule has 4 aromatic rings. The van der Waals surface area contributed by atoms with E-state index < -0.39 is 133 Å². The van der Waals surface area contributed by atoms with Crippen LogP contribution in [0.4, 0.5) is 0 Å². The van der Waals surface area contributed by atoms with Crippen molar-refractivity contribution < 1.29 is 73.5 Å². The minimum Gasteiger partial charge on any atom is -0.508 e. The standard InChI is InChI=1S/C60H83N13O15/c1-33(2)24-43(53(81)71-47(57(85)73-49(32-75)59(87)88)28-37-30-65-41-17-10-9-16-39(37)41)68-55(83)46(27-36-19-21-38(76)22-20-36)69-52(80)42(18-11-23-64-60(62)63)66-58(86)48(31-74)72-56(84)45(26-35-14-7-4-8-15-35)70-54(82)44(25-34-12-5-3-6-13-34)67-51(79)40(61)29-50(77)78/h4,7-10,14-17,19-22,30,33-34,40,42-49,65,74-76H,3,5-6,11-13,18,23-29,31-32,61H2,1-2H3,(H,66,86)(H,67,79)(H,68,83)(H,69,80)(H,70,82)(H,71,81)(H,72,84)(H,73,85)(H,77,78)(H,87,88)(H4,62,63,64)/t40-,42-,43-,44-,45-,46-,47-,48-,49-/m0/s1. The molecule has 28 nitrogen and oxygen atoms in total. The molecule has 3 aromatic carbocycles. The fourth-order valence-electron chi connectivity index (χ4n) is 10.2. The molecule has 5 rings (SSSR count). The van der Waals surface area contributed by atoms with E-state index in [1.165, 1.54) is 24.3 Å². The normalized spacial score (nSPS) is 15.5. The highest BCUT2D eigenvalue weighted by Gasteiger charge is 2.36. The van der Waals surface area contributed by atoms with Crippen LogP contribution in [0.15, 0.2) is 90.1 Å². The number of H-pyrrole nitrogens is 1. The van der Waals surface area contributed by atoms with Crippen molar-refractivity contribution in [3.63, 3.8) is 0 Å². The van der Waals surface area contributed by atoms with E-state index in [-0.39, 0.29) is 75.0 Å². The average Bonchev–Trinajstić information content (AvgIpc) is 3.73. The van der Waals surface area contributed by atoms with E-state index in [2.05, 4.69) is 52.5 Å². The van der Waals surface area contributed by atoms with Crippen LogP contribution in [0.5, 0.6) is 5.75 Å². The van der Waals surface area contributed by atoms with Crippen LogP contribution in [-0.2, 0) is 67.2 Å². The molecule has 0 spiro atoms. The van der Waals surface area contributed by atoms with Crippen LogP contribution in [0.1, 0.15) is 94.7 Å². The van der Waals surface area contributed by atoms with Gasteiger partial charge in [0.2, 0.25) is 47.3 Å². The van der Waals surface area contributed by atoms with Gasteiger partial charge in [0.15, 0.2) is 5.96 Å². The van der Waals surface area contributed by atoms with Crippen LogP contribution in [0.3, 0.4) is 0 Å². The number of carboxylic acid groups (broad SMARTS) is 2. The number of carbonyl (C=O) groups is 10. The van der Waals surface area contributed by atoms with Crippen molar-refractivity contribution in [2.45, 2.75) is 152 Å². The number of aliphatic imine (C=N–C) groups is 1. The number of para-hydroxylation sites is 1. The summed E-state index contributed by atoms with van der Waals surface area (Å²) in [6.07, 6.45) is 4.54. The molecule has 1 aromatic heterocycles. The monoisotopic (exact) mass is 1230 g/mol. The summed E-state index contributed by atoms with van der Waals surface area (Å²) in [7, 11) is 0. The number of hydrogen-bond acceptors (Lipinski definition) is 15. The third kappa shape index (κ3) is 22.6. The highest BCUT2D eigenvalue weighted by Crippen LogP contribution is 2.28. The van der Waals surface area contributed by atoms with Gasteiger partial charge in [0.1, 0.15) is 54.1 Å². The van der Waals surface area contributed by atoms with Gasteiger partial charge in [-0.3, -0.25) is 48.1 Å². The Hall–Kier alpha value is -9.15. The third-order valence-corrected chi connectivity index (χ3v) is 14.8. The lowest BCUT2D eigenvalue weighted by Crippen LogP contribution is -2.61. The molecule has 28 heteroatoms. The Morgan fingerprint density at radius 3 is 1.61 bits per heavy atom. The van der Waals surface area contributed by atoms with Crippen LogP contribution in [0.2, 0.25) is 0 Å². The number of carbonyl (C=O) groups excluding carboxylic acids is 8. The maximum absolute atomic E-state index is 14.7. The maximum Gasteiger partial charge on any atom is 0.328 e. The molecule has 0 bridgehead atoms. The van der Waals surface area contributed by atoms with Crippen molar-refractivity contribution in [3.8, 4) is 5.75 Å². The van der Waals surface area contributed by atoms with Gasteiger partial charge in [0.25, 0.3) is 0 Å². The molecule has 20 N–H and O–H groups in total. The first-order chi connectivity index (χ1) is 41.9. The number of nitrogens with zero attached hydrogens (tertiary/aromatic N) is 1. The number of aromatic amines is 1. The van der Waals surface area contributed by atoms with E-state index in [9.17, 15) is 73.5 Å². The second kappa shape index (κ2) is 34.9. The Balaban J connectivity index is 1.41. The van der Waals surface area contributed by atoms with Crippen LogP contribution in [-0.4, -0.2) is 170 Å². The first-order valence-corrected chi connectivity index (χ1v) is 29.2. The predicted octanol–water partition coefficient (Wildman–Crippen LogP) is -1.28. The maximum atomic E-state index is 14.7. The molecule has 1 fully saturated rings. The molecular formula is C60H83N13O15. The second-order valence-corrected chi connectivity index (χ2v) is 22.3. The number of hydrogen-bond donors (Lipinski definition) is 17. The number of aromatic nitrogens is 1. The van der Waals surface area contributed by atoms with Crippen molar-refractivity contribution in [2.24, 2.45) is 34.0 Å². The zero-order valence-electron chi connectivity index (χ0n) is 49.2. The van der Waals surface area contributed by atoms with Gasteiger partial charge < -0.3 is 90.3 Å².